The zero-order chi connectivity index (χ0) is 27.4. The minimum Gasteiger partial charge on any atom is -0.444 e. The van der Waals surface area contributed by atoms with Gasteiger partial charge in [-0.05, 0) is 82.9 Å². The summed E-state index contributed by atoms with van der Waals surface area (Å²) >= 11 is 0. The Hall–Kier alpha value is -3.34. The SMILES string of the molecule is CC1CCC(N(CCCC#Cc2cccc3c2CN(C2CCC(=O)NC2=O)C3=O)C(=O)OC(C)(C)C)CC1. The summed E-state index contributed by atoms with van der Waals surface area (Å²) < 4.78 is 5.71. The van der Waals surface area contributed by atoms with E-state index in [1.807, 2.05) is 37.8 Å². The number of amides is 4. The van der Waals surface area contributed by atoms with E-state index in [-0.39, 0.29) is 30.4 Å². The van der Waals surface area contributed by atoms with Gasteiger partial charge in [0.25, 0.3) is 5.91 Å². The lowest BCUT2D eigenvalue weighted by Gasteiger charge is -2.37. The fraction of sp³-hybridized carbons (Fsp3) is 0.600. The average Bonchev–Trinajstić information content (AvgIpc) is 3.18. The molecule has 1 saturated heterocycles. The highest BCUT2D eigenvalue weighted by atomic mass is 16.6. The maximum atomic E-state index is 13.0. The molecule has 2 fully saturated rings. The summed E-state index contributed by atoms with van der Waals surface area (Å²) in [4.78, 5) is 53.3. The maximum Gasteiger partial charge on any atom is 0.410 e. The van der Waals surface area contributed by atoms with E-state index in [4.69, 9.17) is 4.74 Å². The summed E-state index contributed by atoms with van der Waals surface area (Å²) in [6.07, 6.45) is 5.89. The summed E-state index contributed by atoms with van der Waals surface area (Å²) in [6, 6.07) is 5.02. The molecule has 8 heteroatoms. The molecular formula is C30H39N3O5. The minimum atomic E-state index is -0.643. The lowest BCUT2D eigenvalue weighted by atomic mass is 9.86. The predicted molar refractivity (Wildman–Crippen MR) is 143 cm³/mol. The monoisotopic (exact) mass is 521 g/mol. The second-order valence-electron chi connectivity index (χ2n) is 11.7. The second kappa shape index (κ2) is 11.6. The van der Waals surface area contributed by atoms with E-state index in [1.165, 1.54) is 0 Å². The van der Waals surface area contributed by atoms with Gasteiger partial charge in [-0.3, -0.25) is 19.7 Å². The molecule has 4 rings (SSSR count). The molecule has 0 radical (unpaired) electrons. The highest BCUT2D eigenvalue weighted by Gasteiger charge is 2.39. The Bertz CT molecular complexity index is 1150. The van der Waals surface area contributed by atoms with E-state index >= 15 is 0 Å². The van der Waals surface area contributed by atoms with E-state index in [0.29, 0.717) is 37.4 Å². The number of nitrogens with one attached hydrogen (secondary N) is 1. The van der Waals surface area contributed by atoms with Crippen molar-refractivity contribution in [3.8, 4) is 11.8 Å². The average molecular weight is 522 g/mol. The fourth-order valence-corrected chi connectivity index (χ4v) is 5.50. The van der Waals surface area contributed by atoms with Gasteiger partial charge < -0.3 is 14.5 Å². The molecule has 2 heterocycles. The van der Waals surface area contributed by atoms with Crippen molar-refractivity contribution in [1.82, 2.24) is 15.1 Å². The Balaban J connectivity index is 1.39. The Morgan fingerprint density at radius 2 is 1.87 bits per heavy atom. The molecule has 38 heavy (non-hydrogen) atoms. The highest BCUT2D eigenvalue weighted by Crippen LogP contribution is 2.30. The molecule has 1 aromatic rings. The molecule has 1 unspecified atom stereocenters. The Morgan fingerprint density at radius 3 is 2.55 bits per heavy atom. The predicted octanol–water partition coefficient (Wildman–Crippen LogP) is 4.40. The number of hydrogen-bond acceptors (Lipinski definition) is 5. The molecule has 3 aliphatic rings. The second-order valence-corrected chi connectivity index (χ2v) is 11.7. The highest BCUT2D eigenvalue weighted by molar-refractivity contribution is 6.05. The van der Waals surface area contributed by atoms with E-state index in [1.54, 1.807) is 11.0 Å². The van der Waals surface area contributed by atoms with Gasteiger partial charge >= 0.3 is 6.09 Å². The first-order valence-electron chi connectivity index (χ1n) is 13.8. The lowest BCUT2D eigenvalue weighted by Crippen LogP contribution is -2.52. The van der Waals surface area contributed by atoms with Crippen LogP contribution in [0.4, 0.5) is 4.79 Å². The van der Waals surface area contributed by atoms with Crippen LogP contribution in [0.25, 0.3) is 0 Å². The topological polar surface area (TPSA) is 96.0 Å². The van der Waals surface area contributed by atoms with Gasteiger partial charge in [0.15, 0.2) is 0 Å². The van der Waals surface area contributed by atoms with Gasteiger partial charge in [-0.1, -0.05) is 24.8 Å². The first kappa shape index (κ1) is 27.7. The zero-order valence-electron chi connectivity index (χ0n) is 23.0. The summed E-state index contributed by atoms with van der Waals surface area (Å²) in [5.41, 5.74) is 1.62. The number of fused-ring (bicyclic) bond motifs is 1. The molecule has 204 valence electrons. The Labute approximate surface area is 225 Å². The number of nitrogens with zero attached hydrogens (tertiary/aromatic N) is 2. The van der Waals surface area contributed by atoms with Crippen molar-refractivity contribution in [3.05, 3.63) is 34.9 Å². The van der Waals surface area contributed by atoms with Gasteiger partial charge in [0, 0.05) is 43.1 Å². The molecule has 1 N–H and O–H groups in total. The number of rotatable bonds is 5. The molecule has 1 saturated carbocycles. The van der Waals surface area contributed by atoms with Crippen molar-refractivity contribution < 1.29 is 23.9 Å². The third kappa shape index (κ3) is 6.56. The summed E-state index contributed by atoms with van der Waals surface area (Å²) in [5, 5.41) is 2.33. The minimum absolute atomic E-state index is 0.201. The summed E-state index contributed by atoms with van der Waals surface area (Å²) in [7, 11) is 0. The van der Waals surface area contributed by atoms with Crippen LogP contribution in [0.2, 0.25) is 0 Å². The molecule has 4 amide bonds. The molecule has 1 aliphatic carbocycles. The van der Waals surface area contributed by atoms with Crippen LogP contribution in [0, 0.1) is 17.8 Å². The van der Waals surface area contributed by atoms with Crippen molar-refractivity contribution in [1.29, 1.82) is 0 Å². The zero-order valence-corrected chi connectivity index (χ0v) is 23.0. The van der Waals surface area contributed by atoms with E-state index < -0.39 is 17.6 Å². The number of carbonyl (C=O) groups is 4. The number of ether oxygens (including phenoxy) is 1. The molecule has 1 aromatic carbocycles. The van der Waals surface area contributed by atoms with Crippen LogP contribution in [-0.4, -0.2) is 57.8 Å². The van der Waals surface area contributed by atoms with E-state index in [9.17, 15) is 19.2 Å². The van der Waals surface area contributed by atoms with E-state index in [0.717, 1.165) is 43.2 Å². The number of piperidine rings is 1. The summed E-state index contributed by atoms with van der Waals surface area (Å²) in [6.45, 7) is 8.84. The van der Waals surface area contributed by atoms with Crippen LogP contribution in [0.15, 0.2) is 18.2 Å². The standard InChI is InChI=1S/C30H39N3O5/c1-20-12-14-22(15-13-20)32(29(37)38-30(2,3)4)18-7-5-6-9-21-10-8-11-23-24(21)19-33(28(23)36)25-16-17-26(34)31-27(25)35/h8,10-11,20,22,25H,5,7,12-19H2,1-4H3,(H,31,34,35). The number of unbranched alkanes of at least 4 members (excludes halogenated alkanes) is 1. The molecule has 1 atom stereocenters. The molecule has 0 bridgehead atoms. The molecule has 8 nitrogen and oxygen atoms in total. The maximum absolute atomic E-state index is 13.0. The fourth-order valence-electron chi connectivity index (χ4n) is 5.50. The van der Waals surface area contributed by atoms with Crippen LogP contribution in [0.5, 0.6) is 0 Å². The molecular weight excluding hydrogens is 482 g/mol. The van der Waals surface area contributed by atoms with Crippen molar-refractivity contribution >= 4 is 23.8 Å². The largest absolute Gasteiger partial charge is 0.444 e. The van der Waals surface area contributed by atoms with Crippen LogP contribution >= 0.6 is 0 Å². The normalized spacial score (nSPS) is 23.3. The van der Waals surface area contributed by atoms with E-state index in [2.05, 4.69) is 24.1 Å². The van der Waals surface area contributed by atoms with Crippen molar-refractivity contribution in [2.45, 2.75) is 103 Å². The third-order valence-corrected chi connectivity index (χ3v) is 7.56. The van der Waals surface area contributed by atoms with Crippen LogP contribution in [-0.2, 0) is 20.9 Å². The molecule has 0 aromatic heterocycles. The quantitative estimate of drug-likeness (QED) is 0.352. The smallest absolute Gasteiger partial charge is 0.410 e. The first-order valence-corrected chi connectivity index (χ1v) is 13.8. The van der Waals surface area contributed by atoms with Gasteiger partial charge in [0.2, 0.25) is 11.8 Å². The van der Waals surface area contributed by atoms with Gasteiger partial charge in [-0.15, -0.1) is 0 Å². The Morgan fingerprint density at radius 1 is 1.13 bits per heavy atom. The van der Waals surface area contributed by atoms with Crippen LogP contribution in [0.3, 0.4) is 0 Å². The van der Waals surface area contributed by atoms with Gasteiger partial charge in [-0.2, -0.15) is 0 Å². The summed E-state index contributed by atoms with van der Waals surface area (Å²) in [5.74, 6) is 6.22. The molecule has 0 spiro atoms. The van der Waals surface area contributed by atoms with Crippen LogP contribution < -0.4 is 5.32 Å². The number of imide groups is 1. The van der Waals surface area contributed by atoms with Crippen molar-refractivity contribution in [2.24, 2.45) is 5.92 Å². The lowest BCUT2D eigenvalue weighted by molar-refractivity contribution is -0.136. The third-order valence-electron chi connectivity index (χ3n) is 7.56. The Kier molecular flexibility index (Phi) is 8.44. The van der Waals surface area contributed by atoms with Crippen molar-refractivity contribution in [2.75, 3.05) is 6.54 Å². The van der Waals surface area contributed by atoms with Gasteiger partial charge in [-0.25, -0.2) is 4.79 Å². The first-order chi connectivity index (χ1) is 18.0. The number of hydrogen-bond donors (Lipinski definition) is 1. The van der Waals surface area contributed by atoms with Crippen molar-refractivity contribution in [3.63, 3.8) is 0 Å². The van der Waals surface area contributed by atoms with Gasteiger partial charge in [0.05, 0.1) is 0 Å². The molecule has 2 aliphatic heterocycles. The van der Waals surface area contributed by atoms with Crippen LogP contribution in [0.1, 0.15) is 101 Å². The number of carbonyl (C=O) groups excluding carboxylic acids is 4. The van der Waals surface area contributed by atoms with Gasteiger partial charge in [0.1, 0.15) is 11.6 Å². The number of benzene rings is 1.